The molecular formula is C15H14BrClN2O2. The minimum absolute atomic E-state index is 0.0128. The Balaban J connectivity index is 1.83. The third-order valence-corrected chi connectivity index (χ3v) is 3.63. The van der Waals surface area contributed by atoms with Crippen LogP contribution in [-0.4, -0.2) is 17.0 Å². The standard InChI is InChI=1S/C15H14BrClN2O2/c16-12-3-6-15(21)19(9-12)10-14(20)18-8-7-11-1-4-13(17)5-2-11/h1-6,9H,7-8,10H2,(H,18,20). The molecule has 21 heavy (non-hydrogen) atoms. The van der Waals surface area contributed by atoms with Crippen LogP contribution in [0.3, 0.4) is 0 Å². The highest BCUT2D eigenvalue weighted by atomic mass is 79.9. The number of amides is 1. The molecule has 0 saturated heterocycles. The van der Waals surface area contributed by atoms with Crippen LogP contribution in [0.1, 0.15) is 5.56 Å². The second-order valence-electron chi connectivity index (χ2n) is 4.54. The van der Waals surface area contributed by atoms with Crippen molar-refractivity contribution in [1.82, 2.24) is 9.88 Å². The summed E-state index contributed by atoms with van der Waals surface area (Å²) in [5.74, 6) is -0.191. The molecule has 1 aromatic carbocycles. The zero-order chi connectivity index (χ0) is 15.2. The van der Waals surface area contributed by atoms with E-state index in [0.717, 1.165) is 16.5 Å². The topological polar surface area (TPSA) is 51.1 Å². The molecule has 110 valence electrons. The fourth-order valence-electron chi connectivity index (χ4n) is 1.83. The average Bonchev–Trinajstić information content (AvgIpc) is 2.45. The minimum atomic E-state index is -0.203. The van der Waals surface area contributed by atoms with Crippen molar-refractivity contribution >= 4 is 33.4 Å². The van der Waals surface area contributed by atoms with E-state index in [-0.39, 0.29) is 18.0 Å². The Kier molecular flexibility index (Phi) is 5.59. The molecule has 0 bridgehead atoms. The van der Waals surface area contributed by atoms with Crippen LogP contribution in [-0.2, 0) is 17.8 Å². The summed E-state index contributed by atoms with van der Waals surface area (Å²) < 4.78 is 2.12. The molecule has 0 atom stereocenters. The highest BCUT2D eigenvalue weighted by Gasteiger charge is 2.04. The fraction of sp³-hybridized carbons (Fsp3) is 0.200. The summed E-state index contributed by atoms with van der Waals surface area (Å²) >= 11 is 9.08. The summed E-state index contributed by atoms with van der Waals surface area (Å²) in [6.45, 7) is 0.530. The molecule has 0 aliphatic rings. The van der Waals surface area contributed by atoms with Crippen molar-refractivity contribution in [3.8, 4) is 0 Å². The lowest BCUT2D eigenvalue weighted by atomic mass is 10.1. The monoisotopic (exact) mass is 368 g/mol. The Hall–Kier alpha value is -1.59. The highest BCUT2D eigenvalue weighted by Crippen LogP contribution is 2.09. The summed E-state index contributed by atoms with van der Waals surface area (Å²) in [5.41, 5.74) is 0.894. The van der Waals surface area contributed by atoms with Gasteiger partial charge in [-0.15, -0.1) is 0 Å². The first-order valence-corrected chi connectivity index (χ1v) is 7.59. The van der Waals surface area contributed by atoms with Crippen LogP contribution in [0, 0.1) is 0 Å². The van der Waals surface area contributed by atoms with E-state index in [9.17, 15) is 9.59 Å². The smallest absolute Gasteiger partial charge is 0.251 e. The number of nitrogens with zero attached hydrogens (tertiary/aromatic N) is 1. The van der Waals surface area contributed by atoms with Gasteiger partial charge < -0.3 is 9.88 Å². The lowest BCUT2D eigenvalue weighted by Gasteiger charge is -2.08. The molecule has 1 amide bonds. The average molecular weight is 370 g/mol. The normalized spacial score (nSPS) is 10.4. The van der Waals surface area contributed by atoms with Gasteiger partial charge >= 0.3 is 0 Å². The van der Waals surface area contributed by atoms with Crippen LogP contribution in [0.4, 0.5) is 0 Å². The molecule has 0 saturated carbocycles. The Bertz CT molecular complexity index is 683. The second kappa shape index (κ2) is 7.43. The maximum absolute atomic E-state index is 11.8. The number of hydrogen-bond donors (Lipinski definition) is 1. The highest BCUT2D eigenvalue weighted by molar-refractivity contribution is 9.10. The lowest BCUT2D eigenvalue weighted by molar-refractivity contribution is -0.121. The van der Waals surface area contributed by atoms with E-state index >= 15 is 0 Å². The van der Waals surface area contributed by atoms with E-state index in [1.54, 1.807) is 12.3 Å². The Morgan fingerprint density at radius 3 is 2.62 bits per heavy atom. The van der Waals surface area contributed by atoms with Crippen LogP contribution in [0.5, 0.6) is 0 Å². The lowest BCUT2D eigenvalue weighted by Crippen LogP contribution is -2.33. The van der Waals surface area contributed by atoms with Gasteiger partial charge in [0, 0.05) is 28.3 Å². The Morgan fingerprint density at radius 1 is 1.19 bits per heavy atom. The van der Waals surface area contributed by atoms with Crippen molar-refractivity contribution in [2.45, 2.75) is 13.0 Å². The van der Waals surface area contributed by atoms with Crippen molar-refractivity contribution in [2.75, 3.05) is 6.54 Å². The van der Waals surface area contributed by atoms with E-state index in [2.05, 4.69) is 21.2 Å². The first kappa shape index (κ1) is 15.8. The van der Waals surface area contributed by atoms with Gasteiger partial charge in [-0.05, 0) is 46.1 Å². The number of carbonyl (C=O) groups is 1. The second-order valence-corrected chi connectivity index (χ2v) is 5.89. The van der Waals surface area contributed by atoms with Gasteiger partial charge in [0.2, 0.25) is 5.91 Å². The van der Waals surface area contributed by atoms with Crippen LogP contribution in [0.2, 0.25) is 5.02 Å². The first-order valence-electron chi connectivity index (χ1n) is 6.42. The molecule has 0 radical (unpaired) electrons. The maximum Gasteiger partial charge on any atom is 0.251 e. The summed E-state index contributed by atoms with van der Waals surface area (Å²) in [6.07, 6.45) is 2.32. The zero-order valence-electron chi connectivity index (χ0n) is 11.2. The molecule has 2 rings (SSSR count). The molecular weight excluding hydrogens is 356 g/mol. The third-order valence-electron chi connectivity index (χ3n) is 2.91. The maximum atomic E-state index is 11.8. The van der Waals surface area contributed by atoms with E-state index in [0.29, 0.717) is 11.6 Å². The Labute approximate surface area is 135 Å². The van der Waals surface area contributed by atoms with Crippen molar-refractivity contribution < 1.29 is 4.79 Å². The van der Waals surface area contributed by atoms with Gasteiger partial charge in [-0.25, -0.2) is 0 Å². The van der Waals surface area contributed by atoms with E-state index in [4.69, 9.17) is 11.6 Å². The number of aromatic nitrogens is 1. The number of halogens is 2. The summed E-state index contributed by atoms with van der Waals surface area (Å²) in [5, 5.41) is 3.49. The first-order chi connectivity index (χ1) is 10.0. The minimum Gasteiger partial charge on any atom is -0.354 e. The van der Waals surface area contributed by atoms with Gasteiger partial charge in [0.05, 0.1) is 0 Å². The number of benzene rings is 1. The quantitative estimate of drug-likeness (QED) is 0.881. The summed E-state index contributed by atoms with van der Waals surface area (Å²) in [6, 6.07) is 10.6. The number of carbonyl (C=O) groups excluding carboxylic acids is 1. The van der Waals surface area contributed by atoms with Gasteiger partial charge in [0.25, 0.3) is 5.56 Å². The third kappa shape index (κ3) is 5.02. The molecule has 1 N–H and O–H groups in total. The van der Waals surface area contributed by atoms with Gasteiger partial charge in [-0.1, -0.05) is 23.7 Å². The number of hydrogen-bond acceptors (Lipinski definition) is 2. The predicted molar refractivity (Wildman–Crippen MR) is 86.6 cm³/mol. The largest absolute Gasteiger partial charge is 0.354 e. The molecule has 0 unspecified atom stereocenters. The van der Waals surface area contributed by atoms with Crippen LogP contribution >= 0.6 is 27.5 Å². The molecule has 0 aliphatic heterocycles. The van der Waals surface area contributed by atoms with Gasteiger partial charge in [-0.2, -0.15) is 0 Å². The van der Waals surface area contributed by atoms with Crippen molar-refractivity contribution in [2.24, 2.45) is 0 Å². The molecule has 6 heteroatoms. The van der Waals surface area contributed by atoms with Gasteiger partial charge in [0.15, 0.2) is 0 Å². The van der Waals surface area contributed by atoms with Crippen molar-refractivity contribution in [1.29, 1.82) is 0 Å². The molecule has 0 fully saturated rings. The van der Waals surface area contributed by atoms with Gasteiger partial charge in [0.1, 0.15) is 6.54 Å². The van der Waals surface area contributed by atoms with Crippen LogP contribution in [0.25, 0.3) is 0 Å². The molecule has 0 aliphatic carbocycles. The number of rotatable bonds is 5. The molecule has 1 heterocycles. The zero-order valence-corrected chi connectivity index (χ0v) is 13.5. The molecule has 0 spiro atoms. The van der Waals surface area contributed by atoms with E-state index in [1.165, 1.54) is 10.6 Å². The number of pyridine rings is 1. The van der Waals surface area contributed by atoms with Gasteiger partial charge in [-0.3, -0.25) is 9.59 Å². The van der Waals surface area contributed by atoms with Crippen molar-refractivity contribution in [3.05, 3.63) is 68.0 Å². The van der Waals surface area contributed by atoms with E-state index in [1.807, 2.05) is 24.3 Å². The Morgan fingerprint density at radius 2 is 1.90 bits per heavy atom. The van der Waals surface area contributed by atoms with Crippen LogP contribution in [0.15, 0.2) is 51.9 Å². The molecule has 2 aromatic rings. The summed E-state index contributed by atoms with van der Waals surface area (Å²) in [4.78, 5) is 23.4. The van der Waals surface area contributed by atoms with Crippen LogP contribution < -0.4 is 10.9 Å². The predicted octanol–water partition coefficient (Wildman–Crippen LogP) is 2.62. The van der Waals surface area contributed by atoms with Crippen molar-refractivity contribution in [3.63, 3.8) is 0 Å². The molecule has 4 nitrogen and oxygen atoms in total. The number of nitrogens with one attached hydrogen (secondary N) is 1. The SMILES string of the molecule is O=C(Cn1cc(Br)ccc1=O)NCCc1ccc(Cl)cc1. The van der Waals surface area contributed by atoms with E-state index < -0.39 is 0 Å². The molecule has 1 aromatic heterocycles. The fourth-order valence-corrected chi connectivity index (χ4v) is 2.34. The summed E-state index contributed by atoms with van der Waals surface area (Å²) in [7, 11) is 0.